The van der Waals surface area contributed by atoms with Gasteiger partial charge in [0.25, 0.3) is 0 Å². The second-order valence-electron chi connectivity index (χ2n) is 9.55. The van der Waals surface area contributed by atoms with Crippen molar-refractivity contribution in [3.8, 4) is 11.4 Å². The number of carbonyl (C=O) groups is 1. The summed E-state index contributed by atoms with van der Waals surface area (Å²) in [5.74, 6) is 0.601. The Kier molecular flexibility index (Phi) is 7.92. The molecular formula is C26H27ClF3N9O. The number of carbonyl (C=O) groups excluding carboxylic acids is 1. The maximum absolute atomic E-state index is 13.6. The molecule has 1 aliphatic carbocycles. The van der Waals surface area contributed by atoms with Crippen LogP contribution in [0.2, 0.25) is 5.02 Å². The Morgan fingerprint density at radius 3 is 2.52 bits per heavy atom. The second kappa shape index (κ2) is 11.5. The topological polar surface area (TPSA) is 117 Å². The first kappa shape index (κ1) is 27.4. The predicted octanol–water partition coefficient (Wildman–Crippen LogP) is 5.41. The molecule has 0 unspecified atom stereocenters. The summed E-state index contributed by atoms with van der Waals surface area (Å²) in [6.45, 7) is 0.382. The number of anilines is 2. The van der Waals surface area contributed by atoms with Gasteiger partial charge < -0.3 is 10.6 Å². The Bertz CT molecular complexity index is 1450. The van der Waals surface area contributed by atoms with E-state index < -0.39 is 17.4 Å². The van der Waals surface area contributed by atoms with E-state index in [1.165, 1.54) is 6.20 Å². The van der Waals surface area contributed by atoms with Gasteiger partial charge >= 0.3 is 12.2 Å². The minimum absolute atomic E-state index is 0.0239. The molecule has 0 saturated heterocycles. The van der Waals surface area contributed by atoms with Crippen molar-refractivity contribution in [3.63, 3.8) is 0 Å². The quantitative estimate of drug-likeness (QED) is 0.272. The molecule has 14 heteroatoms. The van der Waals surface area contributed by atoms with Crippen molar-refractivity contribution in [2.24, 2.45) is 7.05 Å². The van der Waals surface area contributed by atoms with Crippen molar-refractivity contribution >= 4 is 29.4 Å². The van der Waals surface area contributed by atoms with Gasteiger partial charge in [0.05, 0.1) is 5.02 Å². The van der Waals surface area contributed by atoms with Gasteiger partial charge in [-0.2, -0.15) is 23.4 Å². The Morgan fingerprint density at radius 1 is 1.15 bits per heavy atom. The van der Waals surface area contributed by atoms with Crippen LogP contribution in [0.15, 0.2) is 55.0 Å². The third kappa shape index (κ3) is 6.19. The van der Waals surface area contributed by atoms with Gasteiger partial charge in [0.2, 0.25) is 5.95 Å². The number of hydrogen-bond acceptors (Lipinski definition) is 6. The number of urea groups is 1. The third-order valence-electron chi connectivity index (χ3n) is 6.76. The van der Waals surface area contributed by atoms with Crippen LogP contribution in [-0.2, 0) is 19.8 Å². The van der Waals surface area contributed by atoms with E-state index in [4.69, 9.17) is 11.6 Å². The summed E-state index contributed by atoms with van der Waals surface area (Å²) in [6, 6.07) is 11.0. The van der Waals surface area contributed by atoms with Crippen molar-refractivity contribution in [1.29, 1.82) is 0 Å². The lowest BCUT2D eigenvalue weighted by Crippen LogP contribution is -2.49. The summed E-state index contributed by atoms with van der Waals surface area (Å²) in [6.07, 6.45) is 1.70. The number of hydrogen-bond donors (Lipinski definition) is 3. The summed E-state index contributed by atoms with van der Waals surface area (Å²) in [7, 11) is 1.79. The Hall–Kier alpha value is -4.13. The molecule has 0 atom stereocenters. The predicted molar refractivity (Wildman–Crippen MR) is 144 cm³/mol. The van der Waals surface area contributed by atoms with Crippen molar-refractivity contribution < 1.29 is 18.0 Å². The van der Waals surface area contributed by atoms with Gasteiger partial charge in [-0.1, -0.05) is 41.9 Å². The lowest BCUT2D eigenvalue weighted by Gasteiger charge is -2.36. The molecule has 10 nitrogen and oxygen atoms in total. The minimum Gasteiger partial charge on any atom is -0.351 e. The summed E-state index contributed by atoms with van der Waals surface area (Å²) in [4.78, 5) is 23.0. The highest BCUT2D eigenvalue weighted by Crippen LogP contribution is 2.38. The van der Waals surface area contributed by atoms with E-state index in [-0.39, 0.29) is 34.8 Å². The summed E-state index contributed by atoms with van der Waals surface area (Å²) in [5.41, 5.74) is -0.544. The molecule has 1 aromatic carbocycles. The van der Waals surface area contributed by atoms with E-state index >= 15 is 0 Å². The lowest BCUT2D eigenvalue weighted by molar-refractivity contribution is -0.137. The molecule has 0 aliphatic heterocycles. The highest BCUT2D eigenvalue weighted by atomic mass is 35.5. The standard InChI is InChI=1S/C26H27ClF3N9O/c1-38-12-11-21(37-38)39(25(40)32-13-16-5-3-2-4-6-16)18-9-7-17(8-10-18)34-24-31-14-19(26(28,29)30)22(35-24)23-20(27)15-33-36-23/h2-6,11-12,14-15,17-18H,7-10,13H2,1H3,(H,32,40)(H,33,36)(H,31,34,35)/t17-,18-. The number of rotatable bonds is 7. The van der Waals surface area contributed by atoms with E-state index in [1.807, 2.05) is 30.3 Å². The van der Waals surface area contributed by atoms with Crippen molar-refractivity contribution in [1.82, 2.24) is 35.3 Å². The van der Waals surface area contributed by atoms with E-state index in [0.717, 1.165) is 11.8 Å². The second-order valence-corrected chi connectivity index (χ2v) is 9.95. The molecular weight excluding hydrogens is 547 g/mol. The van der Waals surface area contributed by atoms with Crippen molar-refractivity contribution in [3.05, 3.63) is 71.1 Å². The fourth-order valence-electron chi connectivity index (χ4n) is 4.79. The Morgan fingerprint density at radius 2 is 1.90 bits per heavy atom. The molecule has 1 aliphatic rings. The fourth-order valence-corrected chi connectivity index (χ4v) is 4.97. The smallest absolute Gasteiger partial charge is 0.351 e. The van der Waals surface area contributed by atoms with Crippen molar-refractivity contribution in [2.45, 2.75) is 50.5 Å². The van der Waals surface area contributed by atoms with E-state index in [1.54, 1.807) is 28.9 Å². The highest BCUT2D eigenvalue weighted by molar-refractivity contribution is 6.32. The van der Waals surface area contributed by atoms with Crippen LogP contribution in [0, 0.1) is 0 Å². The van der Waals surface area contributed by atoms with Crippen LogP contribution in [0.25, 0.3) is 11.4 Å². The number of alkyl halides is 3. The van der Waals surface area contributed by atoms with Gasteiger partial charge in [0.15, 0.2) is 5.82 Å². The first-order chi connectivity index (χ1) is 19.2. The molecule has 1 fully saturated rings. The van der Waals surface area contributed by atoms with Gasteiger partial charge in [-0.05, 0) is 31.2 Å². The molecule has 3 N–H and O–H groups in total. The van der Waals surface area contributed by atoms with Crippen LogP contribution in [0.3, 0.4) is 0 Å². The number of nitrogens with zero attached hydrogens (tertiary/aromatic N) is 6. The SMILES string of the molecule is Cn1ccc(N(C(=O)NCc2ccccc2)[C@H]2CC[C@H](Nc3ncc(C(F)(F)F)c(-c4n[nH]cc4Cl)n3)CC2)n1. The summed E-state index contributed by atoms with van der Waals surface area (Å²) in [5, 5.41) is 16.9. The zero-order valence-electron chi connectivity index (χ0n) is 21.5. The van der Waals surface area contributed by atoms with E-state index in [0.29, 0.717) is 38.0 Å². The molecule has 4 aromatic rings. The number of nitrogens with one attached hydrogen (secondary N) is 3. The molecule has 0 bridgehead atoms. The number of benzene rings is 1. The molecule has 1 saturated carbocycles. The Balaban J connectivity index is 1.28. The van der Waals surface area contributed by atoms with Gasteiger partial charge in [0.1, 0.15) is 17.0 Å². The molecule has 3 heterocycles. The maximum Gasteiger partial charge on any atom is 0.420 e. The molecule has 2 amide bonds. The number of amides is 2. The molecule has 0 radical (unpaired) electrons. The number of H-pyrrole nitrogens is 1. The zero-order valence-corrected chi connectivity index (χ0v) is 22.2. The van der Waals surface area contributed by atoms with Gasteiger partial charge in [0, 0.05) is 50.3 Å². The number of aromatic amines is 1. The summed E-state index contributed by atoms with van der Waals surface area (Å²) >= 11 is 6.04. The Labute approximate surface area is 233 Å². The van der Waals surface area contributed by atoms with Gasteiger partial charge in [-0.15, -0.1) is 0 Å². The lowest BCUT2D eigenvalue weighted by atomic mass is 9.90. The van der Waals surface area contributed by atoms with Crippen LogP contribution in [-0.4, -0.2) is 48.1 Å². The molecule has 5 rings (SSSR count). The van der Waals surface area contributed by atoms with Crippen LogP contribution in [0.1, 0.15) is 36.8 Å². The molecule has 210 valence electrons. The van der Waals surface area contributed by atoms with Crippen LogP contribution in [0.4, 0.5) is 29.7 Å². The average molecular weight is 574 g/mol. The maximum atomic E-state index is 13.6. The number of aryl methyl sites for hydroxylation is 1. The van der Waals surface area contributed by atoms with Crippen LogP contribution in [0.5, 0.6) is 0 Å². The third-order valence-corrected chi connectivity index (χ3v) is 7.05. The zero-order chi connectivity index (χ0) is 28.3. The van der Waals surface area contributed by atoms with E-state index in [2.05, 4.69) is 35.9 Å². The normalized spacial score (nSPS) is 17.4. The monoisotopic (exact) mass is 573 g/mol. The largest absolute Gasteiger partial charge is 0.420 e. The molecule has 3 aromatic heterocycles. The number of halogens is 4. The first-order valence-corrected chi connectivity index (χ1v) is 13.1. The first-order valence-electron chi connectivity index (χ1n) is 12.7. The molecule has 0 spiro atoms. The van der Waals surface area contributed by atoms with Crippen LogP contribution < -0.4 is 15.5 Å². The number of aromatic nitrogens is 6. The van der Waals surface area contributed by atoms with E-state index in [9.17, 15) is 18.0 Å². The molecule has 40 heavy (non-hydrogen) atoms. The summed E-state index contributed by atoms with van der Waals surface area (Å²) < 4.78 is 42.5. The highest BCUT2D eigenvalue weighted by Gasteiger charge is 2.37. The fraction of sp³-hybridized carbons (Fsp3) is 0.346. The van der Waals surface area contributed by atoms with Crippen LogP contribution >= 0.6 is 11.6 Å². The average Bonchev–Trinajstić information content (AvgIpc) is 3.56. The minimum atomic E-state index is -4.68. The van der Waals surface area contributed by atoms with Crippen molar-refractivity contribution in [2.75, 3.05) is 10.2 Å². The van der Waals surface area contributed by atoms with Gasteiger partial charge in [-0.25, -0.2) is 14.8 Å². The van der Waals surface area contributed by atoms with Gasteiger partial charge in [-0.3, -0.25) is 14.7 Å².